The first-order valence-electron chi connectivity index (χ1n) is 5.94. The van der Waals surface area contributed by atoms with Crippen LogP contribution in [0.4, 0.5) is 0 Å². The molecule has 0 amide bonds. The maximum atomic E-state index is 12.4. The molecular weight excluding hydrogens is 307 g/mol. The highest BCUT2D eigenvalue weighted by molar-refractivity contribution is 7.89. The molecule has 0 spiro atoms. The van der Waals surface area contributed by atoms with Crippen molar-refractivity contribution in [2.24, 2.45) is 5.92 Å². The van der Waals surface area contributed by atoms with Gasteiger partial charge in [0.1, 0.15) is 0 Å². The Labute approximate surface area is 125 Å². The summed E-state index contributed by atoms with van der Waals surface area (Å²) in [5.41, 5.74) is 0. The molecular formula is C12H18Cl2N2O2S. The smallest absolute Gasteiger partial charge is 0.243 e. The van der Waals surface area contributed by atoms with Gasteiger partial charge in [-0.25, -0.2) is 8.42 Å². The molecule has 1 aliphatic rings. The van der Waals surface area contributed by atoms with Crippen molar-refractivity contribution >= 4 is 34.0 Å². The summed E-state index contributed by atoms with van der Waals surface area (Å²) < 4.78 is 26.3. The number of benzene rings is 1. The first-order chi connectivity index (χ1) is 8.54. The van der Waals surface area contributed by atoms with Gasteiger partial charge in [-0.05, 0) is 50.2 Å². The lowest BCUT2D eigenvalue weighted by Crippen LogP contribution is -2.30. The Balaban J connectivity index is 0.00000180. The molecule has 108 valence electrons. The monoisotopic (exact) mass is 324 g/mol. The SMILES string of the molecule is CNCC1CCN(S(=O)(=O)c2ccc(Cl)cc2)C1.Cl. The largest absolute Gasteiger partial charge is 0.319 e. The third kappa shape index (κ3) is 3.83. The highest BCUT2D eigenvalue weighted by Gasteiger charge is 2.31. The molecule has 7 heteroatoms. The number of hydrogen-bond acceptors (Lipinski definition) is 3. The predicted molar refractivity (Wildman–Crippen MR) is 79.5 cm³/mol. The number of rotatable bonds is 4. The molecule has 0 aromatic heterocycles. The van der Waals surface area contributed by atoms with Crippen LogP contribution in [0.25, 0.3) is 0 Å². The van der Waals surface area contributed by atoms with Crippen LogP contribution in [-0.4, -0.2) is 39.4 Å². The highest BCUT2D eigenvalue weighted by atomic mass is 35.5. The second-order valence-electron chi connectivity index (χ2n) is 4.53. The van der Waals surface area contributed by atoms with Gasteiger partial charge in [-0.15, -0.1) is 12.4 Å². The van der Waals surface area contributed by atoms with E-state index in [9.17, 15) is 8.42 Å². The van der Waals surface area contributed by atoms with E-state index in [2.05, 4.69) is 5.32 Å². The van der Waals surface area contributed by atoms with Crippen molar-refractivity contribution in [3.05, 3.63) is 29.3 Å². The van der Waals surface area contributed by atoms with Crippen molar-refractivity contribution in [3.8, 4) is 0 Å². The minimum Gasteiger partial charge on any atom is -0.319 e. The average molecular weight is 325 g/mol. The third-order valence-electron chi connectivity index (χ3n) is 3.19. The number of sulfonamides is 1. The second-order valence-corrected chi connectivity index (χ2v) is 6.90. The Morgan fingerprint density at radius 2 is 2.00 bits per heavy atom. The third-order valence-corrected chi connectivity index (χ3v) is 5.32. The van der Waals surface area contributed by atoms with E-state index < -0.39 is 10.0 Å². The Hall–Kier alpha value is -0.330. The van der Waals surface area contributed by atoms with E-state index in [0.717, 1.165) is 13.0 Å². The molecule has 0 saturated carbocycles. The van der Waals surface area contributed by atoms with E-state index in [4.69, 9.17) is 11.6 Å². The molecule has 1 heterocycles. The zero-order valence-corrected chi connectivity index (χ0v) is 13.1. The van der Waals surface area contributed by atoms with Crippen LogP contribution in [0.5, 0.6) is 0 Å². The van der Waals surface area contributed by atoms with E-state index in [1.807, 2.05) is 7.05 Å². The quantitative estimate of drug-likeness (QED) is 0.921. The van der Waals surface area contributed by atoms with Gasteiger partial charge in [-0.3, -0.25) is 0 Å². The van der Waals surface area contributed by atoms with Gasteiger partial charge in [-0.1, -0.05) is 11.6 Å². The summed E-state index contributed by atoms with van der Waals surface area (Å²) in [6.07, 6.45) is 0.910. The fraction of sp³-hybridized carbons (Fsp3) is 0.500. The van der Waals surface area contributed by atoms with E-state index >= 15 is 0 Å². The molecule has 0 bridgehead atoms. The van der Waals surface area contributed by atoms with Gasteiger partial charge in [0.2, 0.25) is 10.0 Å². The van der Waals surface area contributed by atoms with E-state index in [1.165, 1.54) is 0 Å². The van der Waals surface area contributed by atoms with Crippen LogP contribution in [0.2, 0.25) is 5.02 Å². The highest BCUT2D eigenvalue weighted by Crippen LogP contribution is 2.24. The molecule has 0 aliphatic carbocycles. The van der Waals surface area contributed by atoms with Crippen LogP contribution in [0.1, 0.15) is 6.42 Å². The predicted octanol–water partition coefficient (Wildman–Crippen LogP) is 1.99. The zero-order chi connectivity index (χ0) is 13.2. The van der Waals surface area contributed by atoms with E-state index in [1.54, 1.807) is 28.6 Å². The molecule has 1 fully saturated rings. The summed E-state index contributed by atoms with van der Waals surface area (Å²) in [7, 11) is -1.47. The number of nitrogens with one attached hydrogen (secondary N) is 1. The first kappa shape index (κ1) is 16.7. The fourth-order valence-corrected chi connectivity index (χ4v) is 3.88. The summed E-state index contributed by atoms with van der Waals surface area (Å²) >= 11 is 5.77. The topological polar surface area (TPSA) is 49.4 Å². The van der Waals surface area contributed by atoms with Crippen LogP contribution in [0.15, 0.2) is 29.2 Å². The maximum absolute atomic E-state index is 12.4. The Morgan fingerprint density at radius 3 is 2.58 bits per heavy atom. The number of hydrogen-bond donors (Lipinski definition) is 1. The average Bonchev–Trinajstić information content (AvgIpc) is 2.79. The van der Waals surface area contributed by atoms with E-state index in [0.29, 0.717) is 28.9 Å². The molecule has 1 aromatic rings. The van der Waals surface area contributed by atoms with Crippen molar-refractivity contribution in [3.63, 3.8) is 0 Å². The van der Waals surface area contributed by atoms with E-state index in [-0.39, 0.29) is 12.4 Å². The molecule has 2 rings (SSSR count). The Morgan fingerprint density at radius 1 is 1.37 bits per heavy atom. The van der Waals surface area contributed by atoms with Crippen LogP contribution in [0.3, 0.4) is 0 Å². The van der Waals surface area contributed by atoms with Crippen molar-refractivity contribution in [1.29, 1.82) is 0 Å². The summed E-state index contributed by atoms with van der Waals surface area (Å²) in [4.78, 5) is 0.317. The van der Waals surface area contributed by atoms with Gasteiger partial charge in [-0.2, -0.15) is 4.31 Å². The molecule has 1 atom stereocenters. The van der Waals surface area contributed by atoms with Gasteiger partial charge in [0.15, 0.2) is 0 Å². The van der Waals surface area contributed by atoms with Crippen LogP contribution in [-0.2, 0) is 10.0 Å². The van der Waals surface area contributed by atoms with Crippen LogP contribution >= 0.6 is 24.0 Å². The maximum Gasteiger partial charge on any atom is 0.243 e. The minimum atomic E-state index is -3.36. The summed E-state index contributed by atoms with van der Waals surface area (Å²) in [6, 6.07) is 6.33. The summed E-state index contributed by atoms with van der Waals surface area (Å²) in [5.74, 6) is 0.400. The Kier molecular flexibility index (Phi) is 6.08. The molecule has 19 heavy (non-hydrogen) atoms. The van der Waals surface area contributed by atoms with Crippen molar-refractivity contribution in [2.45, 2.75) is 11.3 Å². The van der Waals surface area contributed by atoms with Gasteiger partial charge in [0.25, 0.3) is 0 Å². The Bertz CT molecular complexity index is 505. The van der Waals surface area contributed by atoms with Crippen molar-refractivity contribution < 1.29 is 8.42 Å². The number of halogens is 2. The van der Waals surface area contributed by atoms with Gasteiger partial charge >= 0.3 is 0 Å². The molecule has 1 aromatic carbocycles. The molecule has 0 radical (unpaired) electrons. The summed E-state index contributed by atoms with van der Waals surface area (Å²) in [6.45, 7) is 2.04. The van der Waals surface area contributed by atoms with Gasteiger partial charge in [0.05, 0.1) is 4.90 Å². The van der Waals surface area contributed by atoms with Crippen LogP contribution in [0, 0.1) is 5.92 Å². The molecule has 1 saturated heterocycles. The molecule has 1 N–H and O–H groups in total. The molecule has 1 unspecified atom stereocenters. The van der Waals surface area contributed by atoms with Crippen LogP contribution < -0.4 is 5.32 Å². The van der Waals surface area contributed by atoms with Crippen molar-refractivity contribution in [2.75, 3.05) is 26.7 Å². The standard InChI is InChI=1S/C12H17ClN2O2S.ClH/c1-14-8-10-6-7-15(9-10)18(16,17)12-4-2-11(13)3-5-12;/h2-5,10,14H,6-9H2,1H3;1H. The second kappa shape index (κ2) is 6.90. The van der Waals surface area contributed by atoms with Gasteiger partial charge < -0.3 is 5.32 Å². The fourth-order valence-electron chi connectivity index (χ4n) is 2.23. The molecule has 4 nitrogen and oxygen atoms in total. The number of nitrogens with zero attached hydrogens (tertiary/aromatic N) is 1. The molecule has 1 aliphatic heterocycles. The zero-order valence-electron chi connectivity index (χ0n) is 10.7. The van der Waals surface area contributed by atoms with Crippen molar-refractivity contribution in [1.82, 2.24) is 9.62 Å². The minimum absolute atomic E-state index is 0. The van der Waals surface area contributed by atoms with Gasteiger partial charge in [0, 0.05) is 18.1 Å². The normalized spacial score (nSPS) is 20.2. The summed E-state index contributed by atoms with van der Waals surface area (Å²) in [5, 5.41) is 3.63. The lowest BCUT2D eigenvalue weighted by Gasteiger charge is -2.16. The lowest BCUT2D eigenvalue weighted by atomic mass is 10.1. The first-order valence-corrected chi connectivity index (χ1v) is 7.76. The lowest BCUT2D eigenvalue weighted by molar-refractivity contribution is 0.451.